The number of hydrogen-bond donors (Lipinski definition) is 8. The van der Waals surface area contributed by atoms with Gasteiger partial charge >= 0.3 is 5.97 Å². The third kappa shape index (κ3) is 12.1. The van der Waals surface area contributed by atoms with Crippen LogP contribution in [0.2, 0.25) is 0 Å². The first-order valence-electron chi connectivity index (χ1n) is 13.4. The van der Waals surface area contributed by atoms with Crippen molar-refractivity contribution in [3.63, 3.8) is 0 Å². The lowest BCUT2D eigenvalue weighted by Gasteiger charge is -2.25. The van der Waals surface area contributed by atoms with Crippen LogP contribution in [-0.2, 0) is 32.0 Å². The lowest BCUT2D eigenvalue weighted by molar-refractivity contribution is -0.142. The van der Waals surface area contributed by atoms with Gasteiger partial charge in [0.25, 0.3) is 0 Å². The summed E-state index contributed by atoms with van der Waals surface area (Å²) >= 11 is 0. The number of rotatable bonds is 17. The monoisotopic (exact) mass is 571 g/mol. The van der Waals surface area contributed by atoms with E-state index in [4.69, 9.17) is 17.2 Å². The first kappa shape index (κ1) is 32.8. The van der Waals surface area contributed by atoms with Gasteiger partial charge in [0.1, 0.15) is 18.1 Å². The van der Waals surface area contributed by atoms with E-state index in [1.54, 1.807) is 24.3 Å². The quantitative estimate of drug-likeness (QED) is 0.0669. The van der Waals surface area contributed by atoms with Crippen LogP contribution in [0.4, 0.5) is 0 Å². The molecule has 0 radical (unpaired) electrons. The molecule has 1 heterocycles. The zero-order valence-electron chi connectivity index (χ0n) is 23.4. The second-order valence-corrected chi connectivity index (χ2v) is 10.2. The molecule has 0 saturated heterocycles. The zero-order valence-corrected chi connectivity index (χ0v) is 23.4. The molecule has 0 aliphatic rings. The van der Waals surface area contributed by atoms with Crippen molar-refractivity contribution in [1.29, 1.82) is 0 Å². The van der Waals surface area contributed by atoms with Crippen molar-refractivity contribution in [1.82, 2.24) is 25.9 Å². The number of aliphatic carboxylic acids is 1. The smallest absolute Gasteiger partial charge is 0.326 e. The number of carboxylic acid groups (broad SMARTS) is 1. The summed E-state index contributed by atoms with van der Waals surface area (Å²) in [7, 11) is 0. The number of aromatic nitrogens is 2. The molecule has 2 rings (SSSR count). The molecule has 0 spiro atoms. The molecule has 3 amide bonds. The number of aliphatic imine (C=N–C) groups is 1. The molecule has 41 heavy (non-hydrogen) atoms. The van der Waals surface area contributed by atoms with E-state index in [1.165, 1.54) is 12.5 Å². The summed E-state index contributed by atoms with van der Waals surface area (Å²) in [5.74, 6) is -3.03. The first-order chi connectivity index (χ1) is 19.5. The van der Waals surface area contributed by atoms with Gasteiger partial charge < -0.3 is 43.2 Å². The number of carbonyl (C=O) groups excluding carboxylic acids is 3. The van der Waals surface area contributed by atoms with Gasteiger partial charge in [-0.15, -0.1) is 0 Å². The maximum atomic E-state index is 13.5. The topological polar surface area (TPSA) is 244 Å². The van der Waals surface area contributed by atoms with E-state index >= 15 is 0 Å². The zero-order chi connectivity index (χ0) is 30.4. The Morgan fingerprint density at radius 3 is 2.12 bits per heavy atom. The predicted octanol–water partition coefficient (Wildman–Crippen LogP) is -0.839. The number of hydrogen-bond acceptors (Lipinski definition) is 7. The Kier molecular flexibility index (Phi) is 13.3. The van der Waals surface area contributed by atoms with Crippen LogP contribution in [0.15, 0.2) is 47.8 Å². The van der Waals surface area contributed by atoms with Crippen LogP contribution < -0.4 is 33.2 Å². The number of nitrogens with two attached hydrogens (primary N) is 3. The van der Waals surface area contributed by atoms with E-state index in [-0.39, 0.29) is 37.7 Å². The highest BCUT2D eigenvalue weighted by Crippen LogP contribution is 2.08. The molecule has 0 aliphatic heterocycles. The van der Waals surface area contributed by atoms with Crippen LogP contribution in [0.5, 0.6) is 0 Å². The number of amides is 3. The Labute approximate surface area is 238 Å². The number of carbonyl (C=O) groups is 4. The number of imidazole rings is 1. The van der Waals surface area contributed by atoms with E-state index in [2.05, 4.69) is 30.9 Å². The van der Waals surface area contributed by atoms with Gasteiger partial charge in [0.15, 0.2) is 5.96 Å². The van der Waals surface area contributed by atoms with Crippen LogP contribution >= 0.6 is 0 Å². The maximum Gasteiger partial charge on any atom is 0.326 e. The molecule has 224 valence electrons. The van der Waals surface area contributed by atoms with E-state index < -0.39 is 47.9 Å². The van der Waals surface area contributed by atoms with Crippen LogP contribution in [0.25, 0.3) is 0 Å². The Morgan fingerprint density at radius 1 is 0.951 bits per heavy atom. The normalized spacial score (nSPS) is 13.9. The Morgan fingerprint density at radius 2 is 1.56 bits per heavy atom. The minimum absolute atomic E-state index is 0.0637. The molecule has 0 aliphatic carbocycles. The second kappa shape index (κ2) is 16.6. The van der Waals surface area contributed by atoms with Gasteiger partial charge in [-0.1, -0.05) is 44.2 Å². The second-order valence-electron chi connectivity index (χ2n) is 10.2. The van der Waals surface area contributed by atoms with Crippen molar-refractivity contribution < 1.29 is 24.3 Å². The highest BCUT2D eigenvalue weighted by Gasteiger charge is 2.31. The summed E-state index contributed by atoms with van der Waals surface area (Å²) in [5, 5.41) is 17.6. The van der Waals surface area contributed by atoms with Gasteiger partial charge in [0.05, 0.1) is 12.4 Å². The van der Waals surface area contributed by atoms with Crippen LogP contribution in [0.1, 0.15) is 44.4 Å². The van der Waals surface area contributed by atoms with E-state index in [9.17, 15) is 24.3 Å². The molecular weight excluding hydrogens is 530 g/mol. The summed E-state index contributed by atoms with van der Waals surface area (Å²) in [4.78, 5) is 62.2. The number of H-pyrrole nitrogens is 1. The lowest BCUT2D eigenvalue weighted by Crippen LogP contribution is -2.58. The largest absolute Gasteiger partial charge is 0.480 e. The standard InChI is InChI=1S/C27H41N9O5/c1-16(2)11-19(28)23(37)35-22(13-18-14-31-15-33-18)25(39)36-21(12-17-7-4-3-5-8-17)24(38)34-20(26(40)41)9-6-10-32-27(29)30/h3-5,7-8,14-16,19-22H,6,9-13,28H2,1-2H3,(H,31,33)(H,34,38)(H,35,37)(H,36,39)(H,40,41)(H4,29,30,32). The minimum atomic E-state index is -1.24. The minimum Gasteiger partial charge on any atom is -0.480 e. The summed E-state index contributed by atoms with van der Waals surface area (Å²) in [6.45, 7) is 4.06. The molecule has 2 aromatic rings. The maximum absolute atomic E-state index is 13.5. The van der Waals surface area contributed by atoms with Crippen LogP contribution in [-0.4, -0.2) is 75.4 Å². The fourth-order valence-electron chi connectivity index (χ4n) is 4.08. The average molecular weight is 572 g/mol. The van der Waals surface area contributed by atoms with Crippen molar-refractivity contribution in [3.8, 4) is 0 Å². The van der Waals surface area contributed by atoms with Gasteiger partial charge in [0, 0.05) is 31.3 Å². The van der Waals surface area contributed by atoms with E-state index in [0.29, 0.717) is 18.5 Å². The fourth-order valence-corrected chi connectivity index (χ4v) is 4.08. The van der Waals surface area contributed by atoms with Gasteiger partial charge in [-0.2, -0.15) is 0 Å². The molecule has 0 saturated carbocycles. The molecular formula is C27H41N9O5. The number of nitrogens with zero attached hydrogens (tertiary/aromatic N) is 2. The molecule has 1 aromatic heterocycles. The molecule has 1 aromatic carbocycles. The molecule has 4 atom stereocenters. The summed E-state index contributed by atoms with van der Waals surface area (Å²) < 4.78 is 0. The number of carboxylic acids is 1. The van der Waals surface area contributed by atoms with Gasteiger partial charge in [-0.3, -0.25) is 19.4 Å². The van der Waals surface area contributed by atoms with Gasteiger partial charge in [0.2, 0.25) is 17.7 Å². The van der Waals surface area contributed by atoms with E-state index in [0.717, 1.165) is 5.56 Å². The Balaban J connectivity index is 2.24. The molecule has 0 bridgehead atoms. The van der Waals surface area contributed by atoms with Crippen molar-refractivity contribution in [2.45, 2.75) is 70.1 Å². The summed E-state index contributed by atoms with van der Waals surface area (Å²) in [5.41, 5.74) is 18.0. The van der Waals surface area contributed by atoms with Crippen molar-refractivity contribution in [2.24, 2.45) is 28.1 Å². The third-order valence-electron chi connectivity index (χ3n) is 6.15. The average Bonchev–Trinajstić information content (AvgIpc) is 3.42. The first-order valence-corrected chi connectivity index (χ1v) is 13.4. The fraction of sp³-hybridized carbons (Fsp3) is 0.481. The number of guanidine groups is 1. The van der Waals surface area contributed by atoms with Crippen molar-refractivity contribution in [3.05, 3.63) is 54.1 Å². The van der Waals surface area contributed by atoms with Gasteiger partial charge in [-0.05, 0) is 30.7 Å². The van der Waals surface area contributed by atoms with Crippen LogP contribution in [0, 0.1) is 5.92 Å². The Bertz CT molecular complexity index is 1150. The number of benzene rings is 1. The molecule has 0 fully saturated rings. The van der Waals surface area contributed by atoms with Crippen molar-refractivity contribution >= 4 is 29.7 Å². The van der Waals surface area contributed by atoms with Crippen LogP contribution in [0.3, 0.4) is 0 Å². The molecule has 11 N–H and O–H groups in total. The van der Waals surface area contributed by atoms with Crippen molar-refractivity contribution in [2.75, 3.05) is 6.54 Å². The molecule has 4 unspecified atom stereocenters. The molecule has 14 heteroatoms. The highest BCUT2D eigenvalue weighted by atomic mass is 16.4. The summed E-state index contributed by atoms with van der Waals surface area (Å²) in [6.07, 6.45) is 3.90. The third-order valence-corrected chi connectivity index (χ3v) is 6.15. The lowest BCUT2D eigenvalue weighted by atomic mass is 10.0. The predicted molar refractivity (Wildman–Crippen MR) is 153 cm³/mol. The molecule has 14 nitrogen and oxygen atoms in total. The SMILES string of the molecule is CC(C)CC(N)C(=O)NC(Cc1cnc[nH]1)C(=O)NC(Cc1ccccc1)C(=O)NC(CCCN=C(N)N)C(=O)O. The number of aromatic amines is 1. The number of nitrogens with one attached hydrogen (secondary N) is 4. The van der Waals surface area contributed by atoms with E-state index in [1.807, 2.05) is 19.9 Å². The summed E-state index contributed by atoms with van der Waals surface area (Å²) in [6, 6.07) is 4.66. The van der Waals surface area contributed by atoms with Gasteiger partial charge in [-0.25, -0.2) is 9.78 Å². The Hall–Kier alpha value is -4.46. The highest BCUT2D eigenvalue weighted by molar-refractivity contribution is 5.94.